The van der Waals surface area contributed by atoms with E-state index >= 15 is 0 Å². The van der Waals surface area contributed by atoms with Gasteiger partial charge in [0.05, 0.1) is 12.5 Å². The van der Waals surface area contributed by atoms with Gasteiger partial charge in [0, 0.05) is 15.4 Å². The number of carbonyl (C=O) groups is 1. The number of ether oxygens (including phenoxy) is 1. The summed E-state index contributed by atoms with van der Waals surface area (Å²) in [5.41, 5.74) is 0.668. The first kappa shape index (κ1) is 13.2. The Balaban J connectivity index is 2.50. The monoisotopic (exact) mass is 310 g/mol. The smallest absolute Gasteiger partial charge is 0.311 e. The van der Waals surface area contributed by atoms with Gasteiger partial charge < -0.3 is 9.84 Å². The van der Waals surface area contributed by atoms with Gasteiger partial charge in [-0.2, -0.15) is 0 Å². The lowest BCUT2D eigenvalue weighted by molar-refractivity contribution is -0.139. The number of benzene rings is 1. The average Bonchev–Trinajstić information content (AvgIpc) is 2.35. The number of carboxylic acids is 1. The molecule has 0 radical (unpaired) electrons. The van der Waals surface area contributed by atoms with E-state index in [-0.39, 0.29) is 0 Å². The fourth-order valence-electron chi connectivity index (χ4n) is 1.77. The van der Waals surface area contributed by atoms with Crippen LogP contribution in [0.1, 0.15) is 17.9 Å². The van der Waals surface area contributed by atoms with Crippen molar-refractivity contribution < 1.29 is 14.6 Å². The zero-order valence-electron chi connectivity index (χ0n) is 8.48. The second-order valence-electron chi connectivity index (χ2n) is 3.52. The minimum Gasteiger partial charge on any atom is -0.493 e. The zero-order valence-corrected chi connectivity index (χ0v) is 11.6. The first-order valence-electron chi connectivity index (χ1n) is 4.78. The molecule has 0 aliphatic carbocycles. The van der Waals surface area contributed by atoms with Gasteiger partial charge in [-0.15, -0.1) is 0 Å². The molecule has 3 nitrogen and oxygen atoms in total. The van der Waals surface area contributed by atoms with E-state index < -0.39 is 11.9 Å². The third kappa shape index (κ3) is 2.62. The van der Waals surface area contributed by atoms with Crippen LogP contribution in [0.4, 0.5) is 0 Å². The van der Waals surface area contributed by atoms with Gasteiger partial charge in [-0.3, -0.25) is 4.79 Å². The number of aliphatic carboxylic acids is 1. The Morgan fingerprint density at radius 2 is 2.00 bits per heavy atom. The third-order valence-corrected chi connectivity index (χ3v) is 4.71. The fourth-order valence-corrected chi connectivity index (χ4v) is 3.66. The Morgan fingerprint density at radius 1 is 1.35 bits per heavy atom. The summed E-state index contributed by atoms with van der Waals surface area (Å²) in [5.74, 6) is -0.789. The first-order chi connectivity index (χ1) is 8.17. The maximum Gasteiger partial charge on any atom is 0.311 e. The molecule has 0 spiro atoms. The van der Waals surface area contributed by atoms with Gasteiger partial charge in [-0.25, -0.2) is 0 Å². The van der Waals surface area contributed by atoms with Gasteiger partial charge in [0.15, 0.2) is 0 Å². The molecular weight excluding hydrogens is 303 g/mol. The van der Waals surface area contributed by atoms with Crippen molar-refractivity contribution in [3.8, 4) is 5.75 Å². The highest BCUT2D eigenvalue weighted by atomic mass is 35.7. The molecule has 17 heavy (non-hydrogen) atoms. The van der Waals surface area contributed by atoms with Crippen molar-refractivity contribution in [2.24, 2.45) is 0 Å². The minimum absolute atomic E-state index is 0.406. The largest absolute Gasteiger partial charge is 0.493 e. The summed E-state index contributed by atoms with van der Waals surface area (Å²) in [5, 5.41) is 9.15. The standard InChI is InChI=1S/C10H8Cl2O3S2/c11-16-8-3-6-5(10(13)14)1-2-15-7(6)4-9(8)17-12/h3-5H,1-2H2,(H,13,14). The van der Waals surface area contributed by atoms with E-state index in [0.717, 1.165) is 31.7 Å². The number of carboxylic acid groups (broad SMARTS) is 1. The van der Waals surface area contributed by atoms with Crippen molar-refractivity contribution in [3.63, 3.8) is 0 Å². The molecule has 0 fully saturated rings. The van der Waals surface area contributed by atoms with Crippen LogP contribution in [0.2, 0.25) is 0 Å². The predicted octanol–water partition coefficient (Wildman–Crippen LogP) is 4.13. The highest BCUT2D eigenvalue weighted by molar-refractivity contribution is 8.23. The van der Waals surface area contributed by atoms with Gasteiger partial charge in [-0.1, -0.05) is 0 Å². The number of rotatable bonds is 3. The maximum absolute atomic E-state index is 11.1. The van der Waals surface area contributed by atoms with E-state index in [4.69, 9.17) is 31.2 Å². The summed E-state index contributed by atoms with van der Waals surface area (Å²) < 4.78 is 5.46. The minimum atomic E-state index is -0.841. The van der Waals surface area contributed by atoms with E-state index in [2.05, 4.69) is 0 Å². The quantitative estimate of drug-likeness (QED) is 0.909. The number of fused-ring (bicyclic) bond motifs is 1. The normalized spacial score (nSPS) is 18.4. The van der Waals surface area contributed by atoms with Gasteiger partial charge in [-0.05, 0) is 61.9 Å². The van der Waals surface area contributed by atoms with Crippen LogP contribution in [-0.2, 0) is 4.79 Å². The van der Waals surface area contributed by atoms with Crippen LogP contribution in [0.15, 0.2) is 21.9 Å². The van der Waals surface area contributed by atoms with Gasteiger partial charge in [0.1, 0.15) is 5.75 Å². The molecule has 1 aromatic carbocycles. The second kappa shape index (κ2) is 5.61. The molecule has 1 aromatic rings. The lowest BCUT2D eigenvalue weighted by Gasteiger charge is -2.24. The van der Waals surface area contributed by atoms with Crippen molar-refractivity contribution in [1.82, 2.24) is 0 Å². The van der Waals surface area contributed by atoms with Crippen LogP contribution >= 0.6 is 43.3 Å². The summed E-state index contributed by atoms with van der Waals surface area (Å²) in [7, 11) is 13.5. The van der Waals surface area contributed by atoms with Crippen LogP contribution in [-0.4, -0.2) is 17.7 Å². The Bertz CT molecular complexity index is 453. The first-order valence-corrected chi connectivity index (χ1v) is 8.06. The molecule has 0 saturated carbocycles. The fraction of sp³-hybridized carbons (Fsp3) is 0.300. The van der Waals surface area contributed by atoms with Crippen molar-refractivity contribution in [3.05, 3.63) is 17.7 Å². The molecule has 1 atom stereocenters. The van der Waals surface area contributed by atoms with E-state index in [1.54, 1.807) is 12.1 Å². The van der Waals surface area contributed by atoms with Crippen molar-refractivity contribution in [2.45, 2.75) is 22.1 Å². The molecule has 0 saturated heterocycles. The van der Waals surface area contributed by atoms with Crippen LogP contribution in [0, 0.1) is 0 Å². The topological polar surface area (TPSA) is 46.5 Å². The summed E-state index contributed by atoms with van der Waals surface area (Å²) in [6, 6.07) is 3.49. The Morgan fingerprint density at radius 3 is 2.59 bits per heavy atom. The predicted molar refractivity (Wildman–Crippen MR) is 70.4 cm³/mol. The molecule has 2 rings (SSSR count). The lowest BCUT2D eigenvalue weighted by atomic mass is 9.93. The highest BCUT2D eigenvalue weighted by Crippen LogP contribution is 2.43. The molecule has 1 aliphatic heterocycles. The van der Waals surface area contributed by atoms with Crippen LogP contribution in [0.3, 0.4) is 0 Å². The molecule has 92 valence electrons. The Hall–Kier alpha value is -0.230. The number of hydrogen-bond donors (Lipinski definition) is 1. The molecule has 1 N–H and O–H groups in total. The number of halogens is 2. The molecule has 1 heterocycles. The van der Waals surface area contributed by atoms with E-state index in [1.807, 2.05) is 0 Å². The van der Waals surface area contributed by atoms with Crippen LogP contribution in [0.25, 0.3) is 0 Å². The molecule has 0 aromatic heterocycles. The third-order valence-electron chi connectivity index (χ3n) is 2.58. The van der Waals surface area contributed by atoms with E-state index in [0.29, 0.717) is 24.3 Å². The van der Waals surface area contributed by atoms with Crippen LogP contribution < -0.4 is 4.74 Å². The van der Waals surface area contributed by atoms with Gasteiger partial charge >= 0.3 is 5.97 Å². The molecule has 0 amide bonds. The SMILES string of the molecule is O=C(O)C1CCOc2cc(SCl)c(SCl)cc21. The maximum atomic E-state index is 11.1. The molecule has 1 aliphatic rings. The molecular formula is C10H8Cl2O3S2. The Kier molecular flexibility index (Phi) is 4.36. The molecule has 0 bridgehead atoms. The van der Waals surface area contributed by atoms with Gasteiger partial charge in [0.25, 0.3) is 0 Å². The van der Waals surface area contributed by atoms with E-state index in [9.17, 15) is 4.79 Å². The lowest BCUT2D eigenvalue weighted by Crippen LogP contribution is -2.21. The van der Waals surface area contributed by atoms with Crippen molar-refractivity contribution in [1.29, 1.82) is 0 Å². The second-order valence-corrected chi connectivity index (χ2v) is 5.63. The summed E-state index contributed by atoms with van der Waals surface area (Å²) in [4.78, 5) is 12.7. The van der Waals surface area contributed by atoms with Crippen molar-refractivity contribution >= 4 is 49.3 Å². The average molecular weight is 311 g/mol. The number of hydrogen-bond acceptors (Lipinski definition) is 4. The van der Waals surface area contributed by atoms with Crippen LogP contribution in [0.5, 0.6) is 5.75 Å². The van der Waals surface area contributed by atoms with Gasteiger partial charge in [0.2, 0.25) is 0 Å². The zero-order chi connectivity index (χ0) is 12.4. The summed E-state index contributed by atoms with van der Waals surface area (Å²) in [6.45, 7) is 0.406. The Labute approximate surface area is 116 Å². The highest BCUT2D eigenvalue weighted by Gasteiger charge is 2.28. The molecule has 1 unspecified atom stereocenters. The van der Waals surface area contributed by atoms with Crippen molar-refractivity contribution in [2.75, 3.05) is 6.61 Å². The summed E-state index contributed by atoms with van der Waals surface area (Å²) >= 11 is 0. The summed E-state index contributed by atoms with van der Waals surface area (Å²) in [6.07, 6.45) is 0.474. The van der Waals surface area contributed by atoms with E-state index in [1.165, 1.54) is 0 Å². The molecule has 7 heteroatoms.